The summed E-state index contributed by atoms with van der Waals surface area (Å²) in [6, 6.07) is 0. The fraction of sp³-hybridized carbons (Fsp3) is 0.818. The molecule has 0 aliphatic carbocycles. The number of nitrogens with one attached hydrogen (secondary N) is 2. The quantitative estimate of drug-likeness (QED) is 0.635. The third-order valence-electron chi connectivity index (χ3n) is 2.79. The van der Waals surface area contributed by atoms with E-state index in [0.717, 1.165) is 25.9 Å². The summed E-state index contributed by atoms with van der Waals surface area (Å²) in [5, 5.41) is 5.47. The van der Waals surface area contributed by atoms with Crippen LogP contribution in [0, 0.1) is 0 Å². The number of carbonyl (C=O) groups excluding carboxylic acids is 2. The van der Waals surface area contributed by atoms with Gasteiger partial charge in [0, 0.05) is 33.1 Å². The van der Waals surface area contributed by atoms with Gasteiger partial charge in [-0.3, -0.25) is 9.59 Å². The van der Waals surface area contributed by atoms with Crippen LogP contribution in [-0.4, -0.2) is 49.9 Å². The Hall–Kier alpha value is -1.10. The van der Waals surface area contributed by atoms with E-state index in [1.807, 2.05) is 4.90 Å². The third-order valence-corrected chi connectivity index (χ3v) is 2.79. The lowest BCUT2D eigenvalue weighted by atomic mass is 10.1. The van der Waals surface area contributed by atoms with Gasteiger partial charge in [-0.1, -0.05) is 0 Å². The fourth-order valence-corrected chi connectivity index (χ4v) is 1.79. The van der Waals surface area contributed by atoms with E-state index in [0.29, 0.717) is 13.0 Å². The number of hydrogen-bond donors (Lipinski definition) is 2. The van der Waals surface area contributed by atoms with Crippen LogP contribution in [0.5, 0.6) is 0 Å². The number of amides is 2. The summed E-state index contributed by atoms with van der Waals surface area (Å²) in [6.45, 7) is 2.65. The number of nitrogens with zero attached hydrogens (tertiary/aromatic N) is 1. The van der Waals surface area contributed by atoms with Gasteiger partial charge in [0.2, 0.25) is 11.8 Å². The molecule has 2 N–H and O–H groups in total. The summed E-state index contributed by atoms with van der Waals surface area (Å²) in [5.74, 6) is 0.148. The Bertz CT molecular complexity index is 237. The molecule has 0 spiro atoms. The second-order valence-electron chi connectivity index (χ2n) is 4.04. The van der Waals surface area contributed by atoms with Crippen LogP contribution in [0.1, 0.15) is 25.7 Å². The van der Waals surface area contributed by atoms with E-state index in [1.165, 1.54) is 6.42 Å². The highest BCUT2D eigenvalue weighted by molar-refractivity contribution is 5.78. The summed E-state index contributed by atoms with van der Waals surface area (Å²) in [6.07, 6.45) is 3.96. The Morgan fingerprint density at radius 3 is 2.50 bits per heavy atom. The molecule has 0 saturated carbocycles. The van der Waals surface area contributed by atoms with Crippen LogP contribution in [0.15, 0.2) is 0 Å². The molecule has 0 radical (unpaired) electrons. The summed E-state index contributed by atoms with van der Waals surface area (Å²) in [7, 11) is 1.60. The van der Waals surface area contributed by atoms with Crippen LogP contribution >= 0.6 is 0 Å². The van der Waals surface area contributed by atoms with Gasteiger partial charge in [0.1, 0.15) is 0 Å². The van der Waals surface area contributed by atoms with Gasteiger partial charge in [0.05, 0.1) is 6.54 Å². The van der Waals surface area contributed by atoms with Crippen molar-refractivity contribution in [1.82, 2.24) is 15.5 Å². The maximum Gasteiger partial charge on any atom is 0.233 e. The van der Waals surface area contributed by atoms with Crippen molar-refractivity contribution in [3.63, 3.8) is 0 Å². The Morgan fingerprint density at radius 1 is 1.19 bits per heavy atom. The first-order chi connectivity index (χ1) is 7.74. The van der Waals surface area contributed by atoms with Crippen molar-refractivity contribution >= 4 is 11.8 Å². The number of hydrogen-bond acceptors (Lipinski definition) is 3. The molecule has 1 saturated heterocycles. The molecule has 5 heteroatoms. The predicted molar refractivity (Wildman–Crippen MR) is 62.0 cm³/mol. The molecule has 0 atom stereocenters. The smallest absolute Gasteiger partial charge is 0.233 e. The molecule has 2 amide bonds. The molecule has 1 aliphatic heterocycles. The monoisotopic (exact) mass is 227 g/mol. The summed E-state index contributed by atoms with van der Waals surface area (Å²) >= 11 is 0. The lowest BCUT2D eigenvalue weighted by Gasteiger charge is -2.26. The number of rotatable bonds is 5. The molecule has 1 heterocycles. The van der Waals surface area contributed by atoms with E-state index in [9.17, 15) is 9.59 Å². The van der Waals surface area contributed by atoms with Gasteiger partial charge >= 0.3 is 0 Å². The Balaban J connectivity index is 2.07. The van der Waals surface area contributed by atoms with E-state index in [2.05, 4.69) is 10.6 Å². The Morgan fingerprint density at radius 2 is 1.88 bits per heavy atom. The fourth-order valence-electron chi connectivity index (χ4n) is 1.79. The Labute approximate surface area is 96.6 Å². The maximum atomic E-state index is 11.7. The molecule has 1 aliphatic rings. The molecule has 0 unspecified atom stereocenters. The molecular weight excluding hydrogens is 206 g/mol. The third kappa shape index (κ3) is 4.61. The van der Waals surface area contributed by atoms with Gasteiger partial charge in [-0.15, -0.1) is 0 Å². The highest BCUT2D eigenvalue weighted by atomic mass is 16.2. The van der Waals surface area contributed by atoms with Crippen molar-refractivity contribution in [3.05, 3.63) is 0 Å². The summed E-state index contributed by atoms with van der Waals surface area (Å²) in [4.78, 5) is 24.5. The number of carbonyl (C=O) groups is 2. The molecule has 0 bridgehead atoms. The minimum atomic E-state index is -0.0505. The van der Waals surface area contributed by atoms with Crippen molar-refractivity contribution in [3.8, 4) is 0 Å². The molecule has 0 aromatic carbocycles. The van der Waals surface area contributed by atoms with E-state index >= 15 is 0 Å². The zero-order valence-electron chi connectivity index (χ0n) is 9.92. The highest BCUT2D eigenvalue weighted by Crippen LogP contribution is 2.09. The number of likely N-dealkylation sites (tertiary alicyclic amines) is 1. The minimum absolute atomic E-state index is 0.0505. The molecule has 0 aromatic rings. The second kappa shape index (κ2) is 7.22. The van der Waals surface area contributed by atoms with Crippen LogP contribution in [-0.2, 0) is 9.59 Å². The normalized spacial score (nSPS) is 15.9. The largest absolute Gasteiger partial charge is 0.358 e. The summed E-state index contributed by atoms with van der Waals surface area (Å²) < 4.78 is 0. The van der Waals surface area contributed by atoms with Crippen molar-refractivity contribution in [2.75, 3.05) is 33.2 Å². The van der Waals surface area contributed by atoms with Gasteiger partial charge < -0.3 is 15.5 Å². The first-order valence-electron chi connectivity index (χ1n) is 5.93. The predicted octanol–water partition coefficient (Wildman–Crippen LogP) is -0.275. The Kier molecular flexibility index (Phi) is 5.85. The van der Waals surface area contributed by atoms with Crippen molar-refractivity contribution in [1.29, 1.82) is 0 Å². The number of likely N-dealkylation sites (N-methyl/N-ethyl adjacent to an activating group) is 1. The second-order valence-corrected chi connectivity index (χ2v) is 4.04. The highest BCUT2D eigenvalue weighted by Gasteiger charge is 2.15. The molecule has 16 heavy (non-hydrogen) atoms. The van der Waals surface area contributed by atoms with Crippen LogP contribution in [0.4, 0.5) is 0 Å². The van der Waals surface area contributed by atoms with Gasteiger partial charge in [0.15, 0.2) is 0 Å². The zero-order valence-corrected chi connectivity index (χ0v) is 9.92. The lowest BCUT2D eigenvalue weighted by molar-refractivity contribution is -0.132. The van der Waals surface area contributed by atoms with Gasteiger partial charge in [0.25, 0.3) is 0 Å². The average Bonchev–Trinajstić information content (AvgIpc) is 2.35. The zero-order chi connectivity index (χ0) is 11.8. The SMILES string of the molecule is CNC(=O)CNCCC(=O)N1CCCCC1. The van der Waals surface area contributed by atoms with Crippen LogP contribution in [0.3, 0.4) is 0 Å². The van der Waals surface area contributed by atoms with Gasteiger partial charge in [-0.2, -0.15) is 0 Å². The minimum Gasteiger partial charge on any atom is -0.358 e. The van der Waals surface area contributed by atoms with E-state index in [-0.39, 0.29) is 18.4 Å². The van der Waals surface area contributed by atoms with Crippen molar-refractivity contribution in [2.24, 2.45) is 0 Å². The first kappa shape index (κ1) is 13.0. The van der Waals surface area contributed by atoms with E-state index < -0.39 is 0 Å². The summed E-state index contributed by atoms with van der Waals surface area (Å²) in [5.41, 5.74) is 0. The van der Waals surface area contributed by atoms with E-state index in [1.54, 1.807) is 7.05 Å². The molecule has 92 valence electrons. The molecule has 1 rings (SSSR count). The molecule has 1 fully saturated rings. The molecule has 5 nitrogen and oxygen atoms in total. The topological polar surface area (TPSA) is 61.4 Å². The average molecular weight is 227 g/mol. The van der Waals surface area contributed by atoms with Crippen LogP contribution in [0.25, 0.3) is 0 Å². The van der Waals surface area contributed by atoms with Crippen molar-refractivity contribution in [2.45, 2.75) is 25.7 Å². The first-order valence-corrected chi connectivity index (χ1v) is 5.93. The number of piperidine rings is 1. The van der Waals surface area contributed by atoms with Gasteiger partial charge in [-0.05, 0) is 19.3 Å². The molecular formula is C11H21N3O2. The van der Waals surface area contributed by atoms with Crippen LogP contribution < -0.4 is 10.6 Å². The molecule has 0 aromatic heterocycles. The standard InChI is InChI=1S/C11H21N3O2/c1-12-10(15)9-13-6-5-11(16)14-7-3-2-4-8-14/h13H,2-9H2,1H3,(H,12,15). The van der Waals surface area contributed by atoms with E-state index in [4.69, 9.17) is 0 Å². The van der Waals surface area contributed by atoms with Gasteiger partial charge in [-0.25, -0.2) is 0 Å². The maximum absolute atomic E-state index is 11.7. The van der Waals surface area contributed by atoms with Crippen LogP contribution in [0.2, 0.25) is 0 Å². The van der Waals surface area contributed by atoms with Crippen molar-refractivity contribution < 1.29 is 9.59 Å². The lowest BCUT2D eigenvalue weighted by Crippen LogP contribution is -2.38.